The molecule has 3 heteroatoms. The highest BCUT2D eigenvalue weighted by atomic mass is 16.6. The molecular formula is C14H19NO2. The van der Waals surface area contributed by atoms with Crippen LogP contribution in [0.3, 0.4) is 0 Å². The Kier molecular flexibility index (Phi) is 2.96. The van der Waals surface area contributed by atoms with E-state index in [4.69, 9.17) is 4.74 Å². The van der Waals surface area contributed by atoms with E-state index in [2.05, 4.69) is 5.32 Å². The second-order valence-electron chi connectivity index (χ2n) is 5.60. The van der Waals surface area contributed by atoms with Gasteiger partial charge in [-0.2, -0.15) is 0 Å². The molecule has 0 bridgehead atoms. The third-order valence-electron chi connectivity index (χ3n) is 3.02. The fraction of sp³-hybridized carbons (Fsp3) is 0.500. The minimum atomic E-state index is -0.467. The van der Waals surface area contributed by atoms with E-state index < -0.39 is 11.0 Å². The van der Waals surface area contributed by atoms with E-state index >= 15 is 0 Å². The molecule has 17 heavy (non-hydrogen) atoms. The van der Waals surface area contributed by atoms with Gasteiger partial charge >= 0.3 is 5.97 Å². The lowest BCUT2D eigenvalue weighted by atomic mass is 9.87. The van der Waals surface area contributed by atoms with Crippen LogP contribution in [0.1, 0.15) is 26.3 Å². The van der Waals surface area contributed by atoms with E-state index in [9.17, 15) is 4.79 Å². The summed E-state index contributed by atoms with van der Waals surface area (Å²) in [6.07, 6.45) is 0. The Hall–Kier alpha value is -1.35. The zero-order valence-electron chi connectivity index (χ0n) is 10.6. The van der Waals surface area contributed by atoms with Gasteiger partial charge in [0.15, 0.2) is 5.60 Å². The highest BCUT2D eigenvalue weighted by molar-refractivity contribution is 5.76. The zero-order valence-corrected chi connectivity index (χ0v) is 10.6. The van der Waals surface area contributed by atoms with Crippen molar-refractivity contribution in [1.29, 1.82) is 0 Å². The van der Waals surface area contributed by atoms with E-state index in [0.29, 0.717) is 13.1 Å². The predicted octanol–water partition coefficient (Wildman–Crippen LogP) is 2.07. The second kappa shape index (κ2) is 4.15. The lowest BCUT2D eigenvalue weighted by Crippen LogP contribution is -2.60. The van der Waals surface area contributed by atoms with Crippen molar-refractivity contribution in [1.82, 2.24) is 5.32 Å². The SMILES string of the molecule is CC(C)(C)C(=O)OC1(c2ccccc2)CNC1. The first-order valence-corrected chi connectivity index (χ1v) is 5.94. The molecule has 1 aliphatic heterocycles. The van der Waals surface area contributed by atoms with Crippen molar-refractivity contribution in [2.24, 2.45) is 5.41 Å². The van der Waals surface area contributed by atoms with E-state index in [1.165, 1.54) is 0 Å². The summed E-state index contributed by atoms with van der Waals surface area (Å²) >= 11 is 0. The summed E-state index contributed by atoms with van der Waals surface area (Å²) in [5.41, 5.74) is 0.138. The highest BCUT2D eigenvalue weighted by Crippen LogP contribution is 2.32. The number of ether oxygens (including phenoxy) is 1. The minimum Gasteiger partial charge on any atom is -0.451 e. The molecular weight excluding hydrogens is 214 g/mol. The molecule has 0 spiro atoms. The van der Waals surface area contributed by atoms with Crippen LogP contribution in [0.4, 0.5) is 0 Å². The van der Waals surface area contributed by atoms with Gasteiger partial charge in [-0.25, -0.2) is 0 Å². The smallest absolute Gasteiger partial charge is 0.312 e. The molecule has 0 aromatic heterocycles. The molecule has 0 amide bonds. The number of carbonyl (C=O) groups excluding carboxylic acids is 1. The monoisotopic (exact) mass is 233 g/mol. The first-order chi connectivity index (χ1) is 7.94. The van der Waals surface area contributed by atoms with E-state index in [1.54, 1.807) is 0 Å². The van der Waals surface area contributed by atoms with E-state index in [0.717, 1.165) is 5.56 Å². The van der Waals surface area contributed by atoms with Crippen LogP contribution in [0.2, 0.25) is 0 Å². The molecule has 0 saturated carbocycles. The molecule has 2 rings (SSSR count). The number of benzene rings is 1. The summed E-state index contributed by atoms with van der Waals surface area (Å²) in [6, 6.07) is 9.93. The van der Waals surface area contributed by atoms with Gasteiger partial charge in [0.25, 0.3) is 0 Å². The van der Waals surface area contributed by atoms with Crippen LogP contribution >= 0.6 is 0 Å². The lowest BCUT2D eigenvalue weighted by Gasteiger charge is -2.43. The zero-order chi connectivity index (χ0) is 12.5. The summed E-state index contributed by atoms with van der Waals surface area (Å²) in [5.74, 6) is -0.150. The Bertz CT molecular complexity index is 402. The third-order valence-corrected chi connectivity index (χ3v) is 3.02. The van der Waals surface area contributed by atoms with Crippen LogP contribution in [0.5, 0.6) is 0 Å². The Balaban J connectivity index is 2.20. The topological polar surface area (TPSA) is 38.3 Å². The maximum Gasteiger partial charge on any atom is 0.312 e. The first-order valence-electron chi connectivity index (χ1n) is 5.94. The van der Waals surface area contributed by atoms with Crippen molar-refractivity contribution < 1.29 is 9.53 Å². The number of carbonyl (C=O) groups is 1. The van der Waals surface area contributed by atoms with Gasteiger partial charge in [0.1, 0.15) is 0 Å². The van der Waals surface area contributed by atoms with Gasteiger partial charge in [0.05, 0.1) is 5.41 Å². The van der Waals surface area contributed by atoms with Gasteiger partial charge in [-0.05, 0) is 26.3 Å². The number of hydrogen-bond acceptors (Lipinski definition) is 3. The quantitative estimate of drug-likeness (QED) is 0.795. The van der Waals surface area contributed by atoms with Crippen molar-refractivity contribution >= 4 is 5.97 Å². The van der Waals surface area contributed by atoms with Gasteiger partial charge in [-0.1, -0.05) is 30.3 Å². The normalized spacial score (nSPS) is 18.3. The summed E-state index contributed by atoms with van der Waals surface area (Å²) in [4.78, 5) is 12.0. The molecule has 1 saturated heterocycles. The predicted molar refractivity (Wildman–Crippen MR) is 66.5 cm³/mol. The molecule has 0 atom stereocenters. The molecule has 1 aromatic carbocycles. The van der Waals surface area contributed by atoms with Gasteiger partial charge < -0.3 is 10.1 Å². The summed E-state index contributed by atoms with van der Waals surface area (Å²) in [5, 5.41) is 3.18. The number of hydrogen-bond donors (Lipinski definition) is 1. The van der Waals surface area contributed by atoms with Crippen molar-refractivity contribution in [3.63, 3.8) is 0 Å². The van der Waals surface area contributed by atoms with Gasteiger partial charge in [-0.15, -0.1) is 0 Å². The molecule has 0 radical (unpaired) electrons. The Morgan fingerprint density at radius 3 is 2.24 bits per heavy atom. The van der Waals surface area contributed by atoms with Crippen molar-refractivity contribution in [3.8, 4) is 0 Å². The lowest BCUT2D eigenvalue weighted by molar-refractivity contribution is -0.177. The molecule has 1 heterocycles. The van der Waals surface area contributed by atoms with E-state index in [1.807, 2.05) is 51.1 Å². The van der Waals surface area contributed by atoms with Crippen LogP contribution in [-0.2, 0) is 15.1 Å². The van der Waals surface area contributed by atoms with Gasteiger partial charge in [0.2, 0.25) is 0 Å². The maximum absolute atomic E-state index is 12.0. The fourth-order valence-electron chi connectivity index (χ4n) is 1.76. The van der Waals surface area contributed by atoms with Crippen molar-refractivity contribution in [2.45, 2.75) is 26.4 Å². The Morgan fingerprint density at radius 2 is 1.82 bits per heavy atom. The number of nitrogens with one attached hydrogen (secondary N) is 1. The molecule has 1 aromatic rings. The maximum atomic E-state index is 12.0. The van der Waals surface area contributed by atoms with Crippen LogP contribution in [0.15, 0.2) is 30.3 Å². The van der Waals surface area contributed by atoms with Crippen LogP contribution in [-0.4, -0.2) is 19.1 Å². The fourth-order valence-corrected chi connectivity index (χ4v) is 1.76. The second-order valence-corrected chi connectivity index (χ2v) is 5.60. The van der Waals surface area contributed by atoms with Crippen LogP contribution in [0.25, 0.3) is 0 Å². The van der Waals surface area contributed by atoms with Crippen molar-refractivity contribution in [3.05, 3.63) is 35.9 Å². The van der Waals surface area contributed by atoms with Crippen molar-refractivity contribution in [2.75, 3.05) is 13.1 Å². The summed E-state index contributed by atoms with van der Waals surface area (Å²) in [6.45, 7) is 7.01. The van der Waals surface area contributed by atoms with E-state index in [-0.39, 0.29) is 5.97 Å². The average molecular weight is 233 g/mol. The first kappa shape index (κ1) is 12.1. The Labute approximate surface area is 102 Å². The molecule has 1 aliphatic rings. The molecule has 1 N–H and O–H groups in total. The third kappa shape index (κ3) is 2.34. The standard InChI is InChI=1S/C14H19NO2/c1-13(2,3)12(16)17-14(9-15-10-14)11-7-5-4-6-8-11/h4-8,15H,9-10H2,1-3H3. The van der Waals surface area contributed by atoms with Crippen LogP contribution < -0.4 is 5.32 Å². The summed E-state index contributed by atoms with van der Waals surface area (Å²) in [7, 11) is 0. The average Bonchev–Trinajstić information content (AvgIpc) is 2.23. The molecule has 1 fully saturated rings. The Morgan fingerprint density at radius 1 is 1.24 bits per heavy atom. The van der Waals surface area contributed by atoms with Gasteiger partial charge in [0, 0.05) is 13.1 Å². The summed E-state index contributed by atoms with van der Waals surface area (Å²) < 4.78 is 5.72. The highest BCUT2D eigenvalue weighted by Gasteiger charge is 2.44. The molecule has 0 aliphatic carbocycles. The minimum absolute atomic E-state index is 0.150. The molecule has 3 nitrogen and oxygen atoms in total. The number of rotatable bonds is 2. The number of esters is 1. The largest absolute Gasteiger partial charge is 0.451 e. The molecule has 0 unspecified atom stereocenters. The molecule has 92 valence electrons. The van der Waals surface area contributed by atoms with Crippen LogP contribution in [0, 0.1) is 5.41 Å². The van der Waals surface area contributed by atoms with Gasteiger partial charge in [-0.3, -0.25) is 4.79 Å².